The summed E-state index contributed by atoms with van der Waals surface area (Å²) in [7, 11) is 0. The van der Waals surface area contributed by atoms with Crippen LogP contribution in [0.3, 0.4) is 0 Å². The first-order valence-corrected chi connectivity index (χ1v) is 5.88. The molecule has 3 heteroatoms. The van der Waals surface area contributed by atoms with E-state index in [1.54, 1.807) is 0 Å². The lowest BCUT2D eigenvalue weighted by Crippen LogP contribution is -2.39. The average molecular weight is 198 g/mol. The van der Waals surface area contributed by atoms with E-state index in [1.807, 2.05) is 0 Å². The van der Waals surface area contributed by atoms with E-state index < -0.39 is 0 Å². The molecule has 2 aliphatic rings. The van der Waals surface area contributed by atoms with Crippen molar-refractivity contribution < 1.29 is 4.84 Å². The topological polar surface area (TPSA) is 24.5 Å². The lowest BCUT2D eigenvalue weighted by molar-refractivity contribution is -0.00445. The first-order valence-electron chi connectivity index (χ1n) is 5.88. The van der Waals surface area contributed by atoms with Crippen LogP contribution in [0.1, 0.15) is 33.1 Å². The third kappa shape index (κ3) is 2.27. The Balaban J connectivity index is 1.71. The zero-order valence-electron chi connectivity index (χ0n) is 9.33. The van der Waals surface area contributed by atoms with Crippen molar-refractivity contribution in [3.8, 4) is 0 Å². The summed E-state index contributed by atoms with van der Waals surface area (Å²) in [5, 5.41) is 0. The van der Waals surface area contributed by atoms with E-state index in [2.05, 4.69) is 24.2 Å². The largest absolute Gasteiger partial charge is 0.301 e. The SMILES string of the molecule is CC(C)CONC1CCN2CCCC12. The quantitative estimate of drug-likeness (QED) is 0.691. The molecule has 0 amide bonds. The van der Waals surface area contributed by atoms with Crippen LogP contribution in [0.15, 0.2) is 0 Å². The molecule has 0 aromatic heterocycles. The normalized spacial score (nSPS) is 32.8. The van der Waals surface area contributed by atoms with Crippen LogP contribution in [-0.2, 0) is 4.84 Å². The molecule has 0 aromatic rings. The summed E-state index contributed by atoms with van der Waals surface area (Å²) in [5.41, 5.74) is 3.24. The number of rotatable bonds is 4. The lowest BCUT2D eigenvalue weighted by atomic mass is 10.1. The molecule has 2 aliphatic heterocycles. The van der Waals surface area contributed by atoms with Gasteiger partial charge in [-0.15, -0.1) is 0 Å². The maximum atomic E-state index is 5.51. The highest BCUT2D eigenvalue weighted by molar-refractivity contribution is 4.94. The molecule has 2 heterocycles. The molecule has 0 aliphatic carbocycles. The van der Waals surface area contributed by atoms with Crippen LogP contribution in [-0.4, -0.2) is 36.7 Å². The number of nitrogens with zero attached hydrogens (tertiary/aromatic N) is 1. The van der Waals surface area contributed by atoms with E-state index in [1.165, 1.54) is 32.4 Å². The molecule has 0 aromatic carbocycles. The highest BCUT2D eigenvalue weighted by Gasteiger charge is 2.37. The fraction of sp³-hybridized carbons (Fsp3) is 1.00. The zero-order chi connectivity index (χ0) is 9.97. The molecular formula is C11H22N2O. The summed E-state index contributed by atoms with van der Waals surface area (Å²) in [6.07, 6.45) is 3.97. The van der Waals surface area contributed by atoms with Gasteiger partial charge in [-0.25, -0.2) is 0 Å². The Bertz CT molecular complexity index is 184. The van der Waals surface area contributed by atoms with Gasteiger partial charge in [-0.3, -0.25) is 4.90 Å². The summed E-state index contributed by atoms with van der Waals surface area (Å²) in [6, 6.07) is 1.33. The standard InChI is InChI=1S/C11H22N2O/c1-9(2)8-14-12-10-5-7-13-6-3-4-11(10)13/h9-12H,3-8H2,1-2H3. The van der Waals surface area contributed by atoms with E-state index >= 15 is 0 Å². The second kappa shape index (κ2) is 4.60. The second-order valence-corrected chi connectivity index (χ2v) is 4.96. The minimum Gasteiger partial charge on any atom is -0.301 e. The molecule has 2 rings (SSSR count). The van der Waals surface area contributed by atoms with E-state index in [9.17, 15) is 0 Å². The van der Waals surface area contributed by atoms with Crippen molar-refractivity contribution in [2.75, 3.05) is 19.7 Å². The molecule has 0 bridgehead atoms. The van der Waals surface area contributed by atoms with Crippen molar-refractivity contribution in [2.24, 2.45) is 5.92 Å². The molecule has 0 spiro atoms. The van der Waals surface area contributed by atoms with Crippen molar-refractivity contribution in [1.82, 2.24) is 10.4 Å². The Labute approximate surface area is 86.8 Å². The van der Waals surface area contributed by atoms with Crippen molar-refractivity contribution in [2.45, 2.75) is 45.2 Å². The Morgan fingerprint density at radius 1 is 1.36 bits per heavy atom. The van der Waals surface area contributed by atoms with Gasteiger partial charge in [-0.2, -0.15) is 5.48 Å². The maximum Gasteiger partial charge on any atom is 0.0705 e. The van der Waals surface area contributed by atoms with Gasteiger partial charge in [0.1, 0.15) is 0 Å². The summed E-state index contributed by atoms with van der Waals surface area (Å²) in [4.78, 5) is 8.10. The van der Waals surface area contributed by atoms with Gasteiger partial charge >= 0.3 is 0 Å². The average Bonchev–Trinajstić information content (AvgIpc) is 2.67. The van der Waals surface area contributed by atoms with Gasteiger partial charge in [0.15, 0.2) is 0 Å². The third-order valence-electron chi connectivity index (χ3n) is 3.26. The monoisotopic (exact) mass is 198 g/mol. The third-order valence-corrected chi connectivity index (χ3v) is 3.26. The molecule has 2 fully saturated rings. The van der Waals surface area contributed by atoms with Gasteiger partial charge in [0.05, 0.1) is 6.61 Å². The summed E-state index contributed by atoms with van der Waals surface area (Å²) in [5.74, 6) is 0.614. The van der Waals surface area contributed by atoms with Crippen LogP contribution in [0, 0.1) is 5.92 Å². The van der Waals surface area contributed by atoms with Crippen LogP contribution < -0.4 is 5.48 Å². The van der Waals surface area contributed by atoms with Crippen LogP contribution in [0.5, 0.6) is 0 Å². The fourth-order valence-electron chi connectivity index (χ4n) is 2.54. The van der Waals surface area contributed by atoms with Gasteiger partial charge in [0, 0.05) is 18.6 Å². The van der Waals surface area contributed by atoms with Crippen molar-refractivity contribution in [1.29, 1.82) is 0 Å². The summed E-state index contributed by atoms with van der Waals surface area (Å²) >= 11 is 0. The molecule has 2 unspecified atom stereocenters. The van der Waals surface area contributed by atoms with Crippen molar-refractivity contribution >= 4 is 0 Å². The van der Waals surface area contributed by atoms with Crippen LogP contribution >= 0.6 is 0 Å². The first-order chi connectivity index (χ1) is 6.77. The Morgan fingerprint density at radius 3 is 3.00 bits per heavy atom. The number of hydrogen-bond donors (Lipinski definition) is 1. The first kappa shape index (κ1) is 10.4. The molecule has 3 nitrogen and oxygen atoms in total. The second-order valence-electron chi connectivity index (χ2n) is 4.96. The van der Waals surface area contributed by atoms with Gasteiger partial charge in [0.25, 0.3) is 0 Å². The van der Waals surface area contributed by atoms with Crippen LogP contribution in [0.4, 0.5) is 0 Å². The maximum absolute atomic E-state index is 5.51. The molecule has 0 radical (unpaired) electrons. The van der Waals surface area contributed by atoms with Gasteiger partial charge < -0.3 is 4.84 Å². The number of hydroxylamine groups is 1. The number of fused-ring (bicyclic) bond motifs is 1. The number of hydrogen-bond acceptors (Lipinski definition) is 3. The minimum atomic E-state index is 0.580. The zero-order valence-corrected chi connectivity index (χ0v) is 9.33. The molecule has 2 saturated heterocycles. The molecule has 1 N–H and O–H groups in total. The Morgan fingerprint density at radius 2 is 2.21 bits per heavy atom. The minimum absolute atomic E-state index is 0.580. The molecule has 14 heavy (non-hydrogen) atoms. The predicted molar refractivity (Wildman–Crippen MR) is 56.9 cm³/mol. The smallest absolute Gasteiger partial charge is 0.0705 e. The van der Waals surface area contributed by atoms with Crippen LogP contribution in [0.25, 0.3) is 0 Å². The highest BCUT2D eigenvalue weighted by Crippen LogP contribution is 2.27. The molecule has 2 atom stereocenters. The van der Waals surface area contributed by atoms with Crippen molar-refractivity contribution in [3.63, 3.8) is 0 Å². The summed E-state index contributed by atoms with van der Waals surface area (Å²) in [6.45, 7) is 7.74. The van der Waals surface area contributed by atoms with Gasteiger partial charge in [0.2, 0.25) is 0 Å². The Kier molecular flexibility index (Phi) is 3.42. The van der Waals surface area contributed by atoms with E-state index in [-0.39, 0.29) is 0 Å². The highest BCUT2D eigenvalue weighted by atomic mass is 16.6. The van der Waals surface area contributed by atoms with Gasteiger partial charge in [-0.05, 0) is 31.7 Å². The molecule has 0 saturated carbocycles. The summed E-state index contributed by atoms with van der Waals surface area (Å²) < 4.78 is 0. The van der Waals surface area contributed by atoms with E-state index in [0.717, 1.165) is 12.6 Å². The van der Waals surface area contributed by atoms with Crippen LogP contribution in [0.2, 0.25) is 0 Å². The molecule has 82 valence electrons. The lowest BCUT2D eigenvalue weighted by Gasteiger charge is -2.21. The molecular weight excluding hydrogens is 176 g/mol. The van der Waals surface area contributed by atoms with Crippen molar-refractivity contribution in [3.05, 3.63) is 0 Å². The van der Waals surface area contributed by atoms with Gasteiger partial charge in [-0.1, -0.05) is 13.8 Å². The van der Waals surface area contributed by atoms with E-state index in [0.29, 0.717) is 12.0 Å². The number of nitrogens with one attached hydrogen (secondary N) is 1. The Hall–Kier alpha value is -0.120. The fourth-order valence-corrected chi connectivity index (χ4v) is 2.54. The van der Waals surface area contributed by atoms with E-state index in [4.69, 9.17) is 4.84 Å². The predicted octanol–water partition coefficient (Wildman–Crippen LogP) is 1.40.